The Bertz CT molecular complexity index is 501. The molecule has 6 nitrogen and oxygen atoms in total. The zero-order chi connectivity index (χ0) is 13.3. The van der Waals surface area contributed by atoms with Crippen LogP contribution in [0.4, 0.5) is 5.69 Å². The number of rotatable bonds is 2. The van der Waals surface area contributed by atoms with E-state index in [1.807, 2.05) is 0 Å². The zero-order valence-corrected chi connectivity index (χ0v) is 9.92. The quantitative estimate of drug-likeness (QED) is 0.733. The van der Waals surface area contributed by atoms with Crippen LogP contribution in [-0.2, 0) is 9.53 Å². The molecular formula is C12H14N2O4. The first-order chi connectivity index (χ1) is 8.52. The maximum Gasteiger partial charge on any atom is 0.337 e. The van der Waals surface area contributed by atoms with Gasteiger partial charge in [0.2, 0.25) is 5.91 Å². The first-order valence-electron chi connectivity index (χ1n) is 5.50. The molecule has 6 heteroatoms. The van der Waals surface area contributed by atoms with E-state index in [4.69, 9.17) is 5.73 Å². The van der Waals surface area contributed by atoms with Gasteiger partial charge in [0, 0.05) is 19.0 Å². The molecule has 0 radical (unpaired) electrons. The molecule has 2 rings (SSSR count). The van der Waals surface area contributed by atoms with Crippen LogP contribution in [0.5, 0.6) is 5.75 Å². The molecule has 96 valence electrons. The molecule has 1 aromatic rings. The van der Waals surface area contributed by atoms with Crippen LogP contribution in [-0.4, -0.2) is 36.7 Å². The van der Waals surface area contributed by atoms with Crippen LogP contribution < -0.4 is 10.6 Å². The van der Waals surface area contributed by atoms with Gasteiger partial charge in [0.25, 0.3) is 0 Å². The highest BCUT2D eigenvalue weighted by Crippen LogP contribution is 2.31. The number of esters is 1. The molecule has 0 saturated carbocycles. The number of nitrogens with two attached hydrogens (primary N) is 1. The number of anilines is 1. The minimum absolute atomic E-state index is 0.0647. The van der Waals surface area contributed by atoms with Gasteiger partial charge in [-0.15, -0.1) is 0 Å². The highest BCUT2D eigenvalue weighted by Gasteiger charge is 2.30. The summed E-state index contributed by atoms with van der Waals surface area (Å²) in [5.74, 6) is -0.753. The van der Waals surface area contributed by atoms with Crippen molar-refractivity contribution in [1.29, 1.82) is 0 Å². The van der Waals surface area contributed by atoms with Gasteiger partial charge < -0.3 is 20.5 Å². The van der Waals surface area contributed by atoms with Gasteiger partial charge in [-0.2, -0.15) is 0 Å². The molecule has 1 saturated heterocycles. The van der Waals surface area contributed by atoms with Gasteiger partial charge in [0.05, 0.1) is 18.4 Å². The molecule has 18 heavy (non-hydrogen) atoms. The summed E-state index contributed by atoms with van der Waals surface area (Å²) in [6.45, 7) is 0.330. The van der Waals surface area contributed by atoms with Crippen molar-refractivity contribution in [2.24, 2.45) is 5.73 Å². The molecule has 1 aromatic carbocycles. The maximum absolute atomic E-state index is 11.7. The average Bonchev–Trinajstić information content (AvgIpc) is 2.68. The number of carbonyl (C=O) groups excluding carboxylic acids is 2. The van der Waals surface area contributed by atoms with Crippen molar-refractivity contribution < 1.29 is 19.4 Å². The molecule has 0 spiro atoms. The van der Waals surface area contributed by atoms with Crippen molar-refractivity contribution in [2.75, 3.05) is 18.6 Å². The Morgan fingerprint density at radius 3 is 2.83 bits per heavy atom. The van der Waals surface area contributed by atoms with E-state index in [0.717, 1.165) is 0 Å². The van der Waals surface area contributed by atoms with Crippen LogP contribution in [0.15, 0.2) is 18.2 Å². The number of nitrogens with zero attached hydrogens (tertiary/aromatic N) is 1. The number of hydrogen-bond donors (Lipinski definition) is 2. The molecular weight excluding hydrogens is 236 g/mol. The number of carbonyl (C=O) groups is 2. The fraction of sp³-hybridized carbons (Fsp3) is 0.333. The van der Waals surface area contributed by atoms with Crippen LogP contribution >= 0.6 is 0 Å². The third-order valence-electron chi connectivity index (χ3n) is 2.84. The first kappa shape index (κ1) is 12.4. The van der Waals surface area contributed by atoms with E-state index in [0.29, 0.717) is 6.54 Å². The van der Waals surface area contributed by atoms with Gasteiger partial charge in [0.1, 0.15) is 5.75 Å². The maximum atomic E-state index is 11.7. The SMILES string of the molecule is COC(=O)c1ccc(O)c(N2CC(N)CC2=O)c1. The van der Waals surface area contributed by atoms with E-state index in [1.165, 1.54) is 30.2 Å². The molecule has 0 aromatic heterocycles. The van der Waals surface area contributed by atoms with Gasteiger partial charge in [-0.25, -0.2) is 4.79 Å². The summed E-state index contributed by atoms with van der Waals surface area (Å²) in [6.07, 6.45) is 0.238. The van der Waals surface area contributed by atoms with Gasteiger partial charge in [-0.3, -0.25) is 4.79 Å². The normalized spacial score (nSPS) is 19.1. The Kier molecular flexibility index (Phi) is 3.20. The number of phenols is 1. The van der Waals surface area contributed by atoms with Crippen molar-refractivity contribution >= 4 is 17.6 Å². The van der Waals surface area contributed by atoms with Gasteiger partial charge in [-0.05, 0) is 18.2 Å². The van der Waals surface area contributed by atoms with Crippen molar-refractivity contribution in [1.82, 2.24) is 0 Å². The smallest absolute Gasteiger partial charge is 0.337 e. The molecule has 0 aliphatic carbocycles. The predicted molar refractivity (Wildman–Crippen MR) is 64.4 cm³/mol. The first-order valence-corrected chi connectivity index (χ1v) is 5.50. The number of phenolic OH excluding ortho intramolecular Hbond substituents is 1. The summed E-state index contributed by atoms with van der Waals surface area (Å²) in [7, 11) is 1.27. The Hall–Kier alpha value is -2.08. The van der Waals surface area contributed by atoms with Crippen molar-refractivity contribution in [2.45, 2.75) is 12.5 Å². The highest BCUT2D eigenvalue weighted by molar-refractivity contribution is 5.99. The summed E-state index contributed by atoms with van der Waals surface area (Å²) < 4.78 is 4.59. The molecule has 1 atom stereocenters. The molecule has 1 fully saturated rings. The zero-order valence-electron chi connectivity index (χ0n) is 9.92. The van der Waals surface area contributed by atoms with Crippen LogP contribution in [0.1, 0.15) is 16.8 Å². The van der Waals surface area contributed by atoms with Gasteiger partial charge in [0.15, 0.2) is 0 Å². The summed E-state index contributed by atoms with van der Waals surface area (Å²) in [5.41, 5.74) is 6.26. The van der Waals surface area contributed by atoms with Crippen molar-refractivity contribution in [3.8, 4) is 5.75 Å². The molecule has 1 heterocycles. The van der Waals surface area contributed by atoms with E-state index in [9.17, 15) is 14.7 Å². The second kappa shape index (κ2) is 4.66. The Balaban J connectivity index is 2.38. The third-order valence-corrected chi connectivity index (χ3v) is 2.84. The largest absolute Gasteiger partial charge is 0.506 e. The highest BCUT2D eigenvalue weighted by atomic mass is 16.5. The van der Waals surface area contributed by atoms with Crippen LogP contribution in [0.3, 0.4) is 0 Å². The molecule has 1 unspecified atom stereocenters. The lowest BCUT2D eigenvalue weighted by Crippen LogP contribution is -2.28. The number of methoxy groups -OCH3 is 1. The Labute approximate surface area is 104 Å². The van der Waals surface area contributed by atoms with E-state index < -0.39 is 5.97 Å². The number of amides is 1. The van der Waals surface area contributed by atoms with Gasteiger partial charge in [-0.1, -0.05) is 0 Å². The molecule has 1 aliphatic rings. The third kappa shape index (κ3) is 2.14. The van der Waals surface area contributed by atoms with Crippen LogP contribution in [0, 0.1) is 0 Å². The topological polar surface area (TPSA) is 92.9 Å². The number of aromatic hydroxyl groups is 1. The van der Waals surface area contributed by atoms with Crippen molar-refractivity contribution in [3.05, 3.63) is 23.8 Å². The standard InChI is InChI=1S/C12H14N2O4/c1-18-12(17)7-2-3-10(15)9(4-7)14-6-8(13)5-11(14)16/h2-4,8,15H,5-6,13H2,1H3. The molecule has 3 N–H and O–H groups in total. The fourth-order valence-corrected chi connectivity index (χ4v) is 1.95. The van der Waals surface area contributed by atoms with Crippen LogP contribution in [0.25, 0.3) is 0 Å². The van der Waals surface area contributed by atoms with E-state index in [1.54, 1.807) is 0 Å². The van der Waals surface area contributed by atoms with E-state index >= 15 is 0 Å². The average molecular weight is 250 g/mol. The second-order valence-corrected chi connectivity index (χ2v) is 4.16. The lowest BCUT2D eigenvalue weighted by atomic mass is 10.1. The number of ether oxygens (including phenoxy) is 1. The Morgan fingerprint density at radius 1 is 1.56 bits per heavy atom. The van der Waals surface area contributed by atoms with E-state index in [-0.39, 0.29) is 35.4 Å². The van der Waals surface area contributed by atoms with Crippen LogP contribution in [0.2, 0.25) is 0 Å². The minimum atomic E-state index is -0.521. The fourth-order valence-electron chi connectivity index (χ4n) is 1.95. The monoisotopic (exact) mass is 250 g/mol. The molecule has 1 amide bonds. The van der Waals surface area contributed by atoms with Gasteiger partial charge >= 0.3 is 5.97 Å². The summed E-state index contributed by atoms with van der Waals surface area (Å²) in [5, 5.41) is 9.77. The van der Waals surface area contributed by atoms with E-state index in [2.05, 4.69) is 4.74 Å². The summed E-state index contributed by atoms with van der Waals surface area (Å²) in [4.78, 5) is 24.5. The minimum Gasteiger partial charge on any atom is -0.506 e. The summed E-state index contributed by atoms with van der Waals surface area (Å²) in [6, 6.07) is 3.97. The van der Waals surface area contributed by atoms with Crippen molar-refractivity contribution in [3.63, 3.8) is 0 Å². The summed E-state index contributed by atoms with van der Waals surface area (Å²) >= 11 is 0. The second-order valence-electron chi connectivity index (χ2n) is 4.16. The number of benzene rings is 1. The lowest BCUT2D eigenvalue weighted by Gasteiger charge is -2.18. The molecule has 0 bridgehead atoms. The predicted octanol–water partition coefficient (Wildman–Crippen LogP) is 0.243. The molecule has 1 aliphatic heterocycles. The number of hydrogen-bond acceptors (Lipinski definition) is 5. The lowest BCUT2D eigenvalue weighted by molar-refractivity contribution is -0.117. The Morgan fingerprint density at radius 2 is 2.28 bits per heavy atom.